The van der Waals surface area contributed by atoms with Gasteiger partial charge in [-0.05, 0) is 271 Å². The maximum absolute atomic E-state index is 12.6. The molecule has 0 aromatic heterocycles. The molecule has 6 N–H and O–H groups in total. The largest absolute Gasteiger partial charge is 0.519 e. The van der Waals surface area contributed by atoms with Crippen LogP contribution in [-0.2, 0) is 23.7 Å². The van der Waals surface area contributed by atoms with Crippen molar-refractivity contribution in [2.24, 2.45) is 89.7 Å². The van der Waals surface area contributed by atoms with Crippen molar-refractivity contribution in [3.63, 3.8) is 0 Å². The quantitative estimate of drug-likeness (QED) is 0.0734. The monoisotopic (exact) mass is 1110 g/mol. The predicted octanol–water partition coefficient (Wildman–Crippen LogP) is 12.7. The van der Waals surface area contributed by atoms with Gasteiger partial charge >= 0.3 is 18.3 Å². The molecule has 14 unspecified atom stereocenters. The van der Waals surface area contributed by atoms with Gasteiger partial charge in [-0.2, -0.15) is 0 Å². The molecule has 13 nitrogen and oxygen atoms in total. The summed E-state index contributed by atoms with van der Waals surface area (Å²) >= 11 is 0. The van der Waals surface area contributed by atoms with Gasteiger partial charge in [-0.25, -0.2) is 9.59 Å². The van der Waals surface area contributed by atoms with Crippen LogP contribution in [0.5, 0.6) is 0 Å². The van der Waals surface area contributed by atoms with Gasteiger partial charge in [0.25, 0.3) is 0 Å². The number of hydrogen-bond acceptors (Lipinski definition) is 13. The molecule has 0 saturated heterocycles. The zero-order valence-corrected chi connectivity index (χ0v) is 53.3. The zero-order chi connectivity index (χ0) is 58.0. The van der Waals surface area contributed by atoms with E-state index in [9.17, 15) is 19.5 Å². The standard InChI is InChI=1S/C29H51N3O2.C26H46N2O.C10H18O5.CH4.H2/c1-18(31-7)24-19(34-23(33)16-30-6)15-27(5)21-10-9-20-25(2,3)22(32-8)11-12-28(20)17-29(21,28)14-13-26(24,27)4;1-16(27-6)21-17(29)14-24(5)19-9-8-18-22(2,3)20(28-7)10-11-25(18)15-26(19,25)13-12-23(21,24)4;1-9(2,3)14-7(11)13-8(12)15-10(4,5)6;;/h18-22,24,30-32H,9-17H2,1-8H3;16-21,27-29H,8-15H2,1-7H3;1-6H3;1H4;1H/t18-,19+,20?,21?,22?,24?,26?,27-,28?,29?;16-,17+,18?,19?,20?,21?,23?,24-,25?,26?;;;/m00.../s1/i;;;;1+1. The molecule has 0 heterocycles. The number of carbonyl (C=O) groups is 3. The Hall–Kier alpha value is -2.03. The van der Waals surface area contributed by atoms with Crippen LogP contribution in [0.15, 0.2) is 0 Å². The summed E-state index contributed by atoms with van der Waals surface area (Å²) in [6.07, 6.45) is 19.2. The van der Waals surface area contributed by atoms with Gasteiger partial charge in [-0.15, -0.1) is 0 Å². The molecule has 0 radical (unpaired) electrons. The van der Waals surface area contributed by atoms with Crippen LogP contribution in [0.1, 0.15) is 222 Å². The van der Waals surface area contributed by atoms with Crippen molar-refractivity contribution < 1.29 is 39.9 Å². The van der Waals surface area contributed by atoms with Gasteiger partial charge in [-0.1, -0.05) is 62.8 Å². The van der Waals surface area contributed by atoms with Crippen LogP contribution in [0, 0.1) is 89.7 Å². The fraction of sp³-hybridized carbons (Fsp3) is 0.955. The van der Waals surface area contributed by atoms with Crippen LogP contribution in [0.25, 0.3) is 0 Å². The molecule has 0 aromatic carbocycles. The van der Waals surface area contributed by atoms with Crippen LogP contribution in [0.3, 0.4) is 0 Å². The molecule has 0 amide bonds. The third kappa shape index (κ3) is 9.89. The van der Waals surface area contributed by atoms with Gasteiger partial charge in [0.1, 0.15) is 17.3 Å². The molecule has 20 atom stereocenters. The molecule has 0 aromatic rings. The fourth-order valence-corrected chi connectivity index (χ4v) is 23.1. The summed E-state index contributed by atoms with van der Waals surface area (Å²) in [6.45, 7) is 35.5. The lowest BCUT2D eigenvalue weighted by atomic mass is 9.42. The van der Waals surface area contributed by atoms with Gasteiger partial charge < -0.3 is 50.6 Å². The number of aliphatic hydroxyl groups is 1. The number of nitrogens with one attached hydrogen (secondary N) is 5. The van der Waals surface area contributed by atoms with Gasteiger partial charge in [0.15, 0.2) is 0 Å². The number of aliphatic hydroxyl groups excluding tert-OH is 1. The minimum absolute atomic E-state index is 0. The highest BCUT2D eigenvalue weighted by atomic mass is 16.8. The minimum Gasteiger partial charge on any atom is -0.461 e. The Bertz CT molecular complexity index is 2210. The van der Waals surface area contributed by atoms with Crippen molar-refractivity contribution in [2.75, 3.05) is 41.8 Å². The number of carbonyl (C=O) groups excluding carboxylic acids is 3. The van der Waals surface area contributed by atoms with E-state index >= 15 is 0 Å². The van der Waals surface area contributed by atoms with Crippen LogP contribution in [0.4, 0.5) is 9.59 Å². The van der Waals surface area contributed by atoms with Crippen molar-refractivity contribution in [3.05, 3.63) is 0 Å². The molecule has 10 rings (SSSR count). The molecule has 79 heavy (non-hydrogen) atoms. The summed E-state index contributed by atoms with van der Waals surface area (Å²) < 4.78 is 20.1. The fourth-order valence-electron chi connectivity index (χ4n) is 23.1. The highest BCUT2D eigenvalue weighted by Crippen LogP contribution is 2.90. The Morgan fingerprint density at radius 2 is 0.924 bits per heavy atom. The normalized spacial score (nSPS) is 45.9. The Morgan fingerprint density at radius 3 is 1.32 bits per heavy atom. The van der Waals surface area contributed by atoms with E-state index in [-0.39, 0.29) is 43.3 Å². The lowest BCUT2D eigenvalue weighted by molar-refractivity contribution is -0.152. The van der Waals surface area contributed by atoms with E-state index in [2.05, 4.69) is 129 Å². The zero-order valence-electron chi connectivity index (χ0n) is 53.3. The highest BCUT2D eigenvalue weighted by Gasteiger charge is 2.84. The van der Waals surface area contributed by atoms with E-state index in [4.69, 9.17) is 14.2 Å². The first kappa shape index (κ1) is 64.5. The summed E-state index contributed by atoms with van der Waals surface area (Å²) in [5.74, 6) is 3.95. The Labute approximate surface area is 482 Å². The van der Waals surface area contributed by atoms with Crippen molar-refractivity contribution in [1.29, 1.82) is 0 Å². The lowest BCUT2D eigenvalue weighted by Gasteiger charge is -2.63. The Balaban J connectivity index is 0.000000205. The SMILES string of the molecule is C.CC(C)(C)OC(=O)OC(=O)OC(C)(C)C.CNC1CCC23CC24CCC2(C)C([C@H](C)NC)[C@H](O)C[C@@]2(C)C4CCC3C1(C)C.CNCC(=O)O[C@@H]1C[C@@]2(C)C3CCC4C(C)(C)C(NC)CCC45CC35CCC2(C)C1[C@H](C)NC.[2HH]. The Morgan fingerprint density at radius 1 is 0.544 bits per heavy atom. The molecule has 13 heteroatoms. The van der Waals surface area contributed by atoms with Gasteiger partial charge in [0.2, 0.25) is 0 Å². The van der Waals surface area contributed by atoms with Crippen molar-refractivity contribution in [2.45, 2.75) is 269 Å². The number of likely N-dealkylation sites (N-methyl/N-ethyl adjacent to an activating group) is 1. The summed E-state index contributed by atoms with van der Waals surface area (Å²) in [7, 11) is 10.3. The minimum atomic E-state index is -1.06. The second-order valence-corrected chi connectivity index (χ2v) is 32.2. The molecule has 10 fully saturated rings. The summed E-state index contributed by atoms with van der Waals surface area (Å²) in [5, 5.41) is 28.7. The molecule has 4 spiro atoms. The second kappa shape index (κ2) is 21.5. The van der Waals surface area contributed by atoms with Crippen molar-refractivity contribution in [1.82, 2.24) is 26.6 Å². The average Bonchev–Trinajstić information content (AvgIpc) is 4.14. The van der Waals surface area contributed by atoms with E-state index in [0.29, 0.717) is 80.5 Å². The van der Waals surface area contributed by atoms with E-state index in [1.165, 1.54) is 89.9 Å². The van der Waals surface area contributed by atoms with Crippen LogP contribution < -0.4 is 26.6 Å². The van der Waals surface area contributed by atoms with Crippen molar-refractivity contribution in [3.8, 4) is 0 Å². The average molecular weight is 1110 g/mol. The first-order chi connectivity index (χ1) is 36.0. The van der Waals surface area contributed by atoms with E-state index in [0.717, 1.165) is 36.5 Å². The number of hydrogen-bond donors (Lipinski definition) is 6. The third-order valence-electron chi connectivity index (χ3n) is 26.6. The molecular weight excluding hydrogens is 991 g/mol. The highest BCUT2D eigenvalue weighted by molar-refractivity contribution is 5.77. The third-order valence-corrected chi connectivity index (χ3v) is 26.6. The Kier molecular flexibility index (Phi) is 17.6. The summed E-state index contributed by atoms with van der Waals surface area (Å²) in [5.41, 5.74) is 2.63. The predicted molar refractivity (Wildman–Crippen MR) is 319 cm³/mol. The van der Waals surface area contributed by atoms with Crippen molar-refractivity contribution >= 4 is 18.3 Å². The summed E-state index contributed by atoms with van der Waals surface area (Å²) in [6, 6.07) is 2.04. The molecule has 10 saturated carbocycles. The van der Waals surface area contributed by atoms with Gasteiger partial charge in [-0.3, -0.25) is 4.79 Å². The summed E-state index contributed by atoms with van der Waals surface area (Å²) in [4.78, 5) is 34.6. The second-order valence-electron chi connectivity index (χ2n) is 32.2. The molecule has 0 aliphatic heterocycles. The van der Waals surface area contributed by atoms with Crippen LogP contribution in [0.2, 0.25) is 0 Å². The lowest BCUT2D eigenvalue weighted by Crippen LogP contribution is -2.59. The number of fused-ring (bicyclic) bond motifs is 4. The van der Waals surface area contributed by atoms with E-state index in [1.807, 2.05) is 7.05 Å². The first-order valence-corrected chi connectivity index (χ1v) is 31.4. The molecule has 458 valence electrons. The van der Waals surface area contributed by atoms with Crippen LogP contribution in [-0.4, -0.2) is 113 Å². The number of rotatable bonds is 9. The molecule has 10 aliphatic carbocycles. The molecule has 10 aliphatic rings. The van der Waals surface area contributed by atoms with Gasteiger partial charge in [0.05, 0.1) is 12.6 Å². The smallest absolute Gasteiger partial charge is 0.461 e. The molecular formula is C66H121N5O8. The molecule has 0 bridgehead atoms. The van der Waals surface area contributed by atoms with Crippen LogP contribution >= 0.6 is 0 Å². The number of ether oxygens (including phenoxy) is 4. The maximum atomic E-state index is 12.6. The first-order valence-electron chi connectivity index (χ1n) is 31.4. The number of esters is 1. The van der Waals surface area contributed by atoms with Gasteiger partial charge in [0, 0.05) is 37.4 Å². The van der Waals surface area contributed by atoms with E-state index in [1.54, 1.807) is 41.5 Å². The van der Waals surface area contributed by atoms with E-state index < -0.39 is 23.5 Å². The maximum Gasteiger partial charge on any atom is 0.519 e. The topological polar surface area (TPSA) is 169 Å².